The number of nitrogens with one attached hydrogen (secondary N) is 1. The Balaban J connectivity index is 2.17. The van der Waals surface area contributed by atoms with Gasteiger partial charge in [0.1, 0.15) is 6.07 Å². The number of hydrogen-bond donors (Lipinski definition) is 2. The lowest BCUT2D eigenvalue weighted by Crippen LogP contribution is -2.06. The van der Waals surface area contributed by atoms with Crippen LogP contribution < -0.4 is 11.1 Å². The minimum atomic E-state index is 0.480. The molecule has 0 saturated heterocycles. The highest BCUT2D eigenvalue weighted by molar-refractivity contribution is 5.72. The van der Waals surface area contributed by atoms with Crippen LogP contribution in [-0.4, -0.2) is 4.98 Å². The molecule has 3 N–H and O–H groups in total. The SMILES string of the molecule is Cc1cccnc1CNc1cccc(C#N)c1N. The molecular formula is C14H14N4. The molecule has 90 valence electrons. The minimum absolute atomic E-state index is 0.480. The lowest BCUT2D eigenvalue weighted by molar-refractivity contribution is 1.02. The second-order valence-electron chi connectivity index (χ2n) is 4.00. The molecule has 0 aliphatic rings. The average Bonchev–Trinajstić information content (AvgIpc) is 2.39. The van der Waals surface area contributed by atoms with Crippen molar-refractivity contribution in [3.63, 3.8) is 0 Å². The number of anilines is 2. The third-order valence-electron chi connectivity index (χ3n) is 2.79. The molecule has 0 saturated carbocycles. The first-order chi connectivity index (χ1) is 8.72. The highest BCUT2D eigenvalue weighted by Crippen LogP contribution is 2.22. The third-order valence-corrected chi connectivity index (χ3v) is 2.79. The molecule has 2 rings (SSSR count). The number of nitrogens with two attached hydrogens (primary N) is 1. The van der Waals surface area contributed by atoms with Gasteiger partial charge in [-0.15, -0.1) is 0 Å². The maximum Gasteiger partial charge on any atom is 0.101 e. The number of aryl methyl sites for hydroxylation is 1. The summed E-state index contributed by atoms with van der Waals surface area (Å²) in [5, 5.41) is 12.1. The van der Waals surface area contributed by atoms with Gasteiger partial charge in [0.05, 0.1) is 29.2 Å². The number of aromatic nitrogens is 1. The van der Waals surface area contributed by atoms with Crippen molar-refractivity contribution in [2.45, 2.75) is 13.5 Å². The van der Waals surface area contributed by atoms with Gasteiger partial charge in [0.15, 0.2) is 0 Å². The monoisotopic (exact) mass is 238 g/mol. The van der Waals surface area contributed by atoms with E-state index in [1.807, 2.05) is 31.2 Å². The third kappa shape index (κ3) is 2.41. The molecule has 0 radical (unpaired) electrons. The topological polar surface area (TPSA) is 74.7 Å². The average molecular weight is 238 g/mol. The van der Waals surface area contributed by atoms with Gasteiger partial charge in [-0.3, -0.25) is 4.98 Å². The summed E-state index contributed by atoms with van der Waals surface area (Å²) in [6.07, 6.45) is 1.76. The molecule has 1 aromatic carbocycles. The maximum absolute atomic E-state index is 8.90. The highest BCUT2D eigenvalue weighted by atomic mass is 14.9. The fourth-order valence-corrected chi connectivity index (χ4v) is 1.70. The summed E-state index contributed by atoms with van der Waals surface area (Å²) in [6, 6.07) is 11.3. The van der Waals surface area contributed by atoms with E-state index >= 15 is 0 Å². The molecule has 0 aliphatic carbocycles. The number of benzene rings is 1. The summed E-state index contributed by atoms with van der Waals surface area (Å²) in [5.41, 5.74) is 9.71. The van der Waals surface area contributed by atoms with Gasteiger partial charge in [-0.05, 0) is 30.7 Å². The predicted molar refractivity (Wildman–Crippen MR) is 71.9 cm³/mol. The second kappa shape index (κ2) is 5.19. The summed E-state index contributed by atoms with van der Waals surface area (Å²) >= 11 is 0. The van der Waals surface area contributed by atoms with Gasteiger partial charge in [0.2, 0.25) is 0 Å². The fraction of sp³-hybridized carbons (Fsp3) is 0.143. The van der Waals surface area contributed by atoms with Crippen molar-refractivity contribution in [1.29, 1.82) is 5.26 Å². The normalized spacial score (nSPS) is 9.78. The Hall–Kier alpha value is -2.54. The van der Waals surface area contributed by atoms with E-state index in [4.69, 9.17) is 11.0 Å². The maximum atomic E-state index is 8.90. The van der Waals surface area contributed by atoms with Gasteiger partial charge in [-0.1, -0.05) is 12.1 Å². The summed E-state index contributed by atoms with van der Waals surface area (Å²) in [6.45, 7) is 2.60. The molecule has 0 aliphatic heterocycles. The van der Waals surface area contributed by atoms with E-state index in [-0.39, 0.29) is 0 Å². The molecule has 0 bridgehead atoms. The summed E-state index contributed by atoms with van der Waals surface area (Å²) in [4.78, 5) is 4.30. The summed E-state index contributed by atoms with van der Waals surface area (Å²) in [7, 11) is 0. The lowest BCUT2D eigenvalue weighted by Gasteiger charge is -2.10. The zero-order valence-corrected chi connectivity index (χ0v) is 10.1. The Morgan fingerprint density at radius 2 is 2.17 bits per heavy atom. The molecule has 4 nitrogen and oxygen atoms in total. The molecule has 18 heavy (non-hydrogen) atoms. The van der Waals surface area contributed by atoms with Crippen molar-refractivity contribution in [3.8, 4) is 6.07 Å². The lowest BCUT2D eigenvalue weighted by atomic mass is 10.1. The van der Waals surface area contributed by atoms with Crippen molar-refractivity contribution in [2.75, 3.05) is 11.1 Å². The zero-order chi connectivity index (χ0) is 13.0. The van der Waals surface area contributed by atoms with Crippen LogP contribution in [0.3, 0.4) is 0 Å². The second-order valence-corrected chi connectivity index (χ2v) is 4.00. The number of nitrogens with zero attached hydrogens (tertiary/aromatic N) is 2. The summed E-state index contributed by atoms with van der Waals surface area (Å²) in [5.74, 6) is 0. The van der Waals surface area contributed by atoms with Gasteiger partial charge < -0.3 is 11.1 Å². The van der Waals surface area contributed by atoms with Crippen LogP contribution in [0.4, 0.5) is 11.4 Å². The van der Waals surface area contributed by atoms with Gasteiger partial charge >= 0.3 is 0 Å². The van der Waals surface area contributed by atoms with Crippen molar-refractivity contribution < 1.29 is 0 Å². The molecule has 4 heteroatoms. The van der Waals surface area contributed by atoms with Crippen LogP contribution in [0.15, 0.2) is 36.5 Å². The van der Waals surface area contributed by atoms with Crippen LogP contribution in [0, 0.1) is 18.3 Å². The van der Waals surface area contributed by atoms with Gasteiger partial charge in [-0.25, -0.2) is 0 Å². The van der Waals surface area contributed by atoms with E-state index in [9.17, 15) is 0 Å². The van der Waals surface area contributed by atoms with Crippen LogP contribution in [0.25, 0.3) is 0 Å². The van der Waals surface area contributed by atoms with Crippen molar-refractivity contribution in [2.24, 2.45) is 0 Å². The molecular weight excluding hydrogens is 224 g/mol. The van der Waals surface area contributed by atoms with E-state index < -0.39 is 0 Å². The zero-order valence-electron chi connectivity index (χ0n) is 10.1. The van der Waals surface area contributed by atoms with E-state index in [0.717, 1.165) is 16.9 Å². The minimum Gasteiger partial charge on any atom is -0.396 e. The number of hydrogen-bond acceptors (Lipinski definition) is 4. The fourth-order valence-electron chi connectivity index (χ4n) is 1.70. The number of nitriles is 1. The van der Waals surface area contributed by atoms with Crippen molar-refractivity contribution in [3.05, 3.63) is 53.3 Å². The first kappa shape index (κ1) is 11.9. The van der Waals surface area contributed by atoms with E-state index in [1.54, 1.807) is 12.3 Å². The van der Waals surface area contributed by atoms with Gasteiger partial charge in [0, 0.05) is 6.20 Å². The molecule has 0 spiro atoms. The highest BCUT2D eigenvalue weighted by Gasteiger charge is 2.05. The molecule has 0 amide bonds. The van der Waals surface area contributed by atoms with Gasteiger partial charge in [0.25, 0.3) is 0 Å². The van der Waals surface area contributed by atoms with Crippen LogP contribution in [0.1, 0.15) is 16.8 Å². The summed E-state index contributed by atoms with van der Waals surface area (Å²) < 4.78 is 0. The smallest absolute Gasteiger partial charge is 0.101 e. The van der Waals surface area contributed by atoms with Crippen LogP contribution >= 0.6 is 0 Å². The number of rotatable bonds is 3. The first-order valence-electron chi connectivity index (χ1n) is 5.65. The van der Waals surface area contributed by atoms with E-state index in [0.29, 0.717) is 17.8 Å². The van der Waals surface area contributed by atoms with Crippen LogP contribution in [-0.2, 0) is 6.54 Å². The van der Waals surface area contributed by atoms with Gasteiger partial charge in [-0.2, -0.15) is 5.26 Å². The Labute approximate surface area is 106 Å². The molecule has 0 fully saturated rings. The Kier molecular flexibility index (Phi) is 3.44. The quantitative estimate of drug-likeness (QED) is 0.805. The molecule has 0 unspecified atom stereocenters. The van der Waals surface area contributed by atoms with Crippen LogP contribution in [0.2, 0.25) is 0 Å². The van der Waals surface area contributed by atoms with Crippen molar-refractivity contribution in [1.82, 2.24) is 4.98 Å². The Morgan fingerprint density at radius 1 is 1.33 bits per heavy atom. The number of nitrogen functional groups attached to an aromatic ring is 1. The molecule has 1 aromatic heterocycles. The van der Waals surface area contributed by atoms with Crippen molar-refractivity contribution >= 4 is 11.4 Å². The largest absolute Gasteiger partial charge is 0.396 e. The first-order valence-corrected chi connectivity index (χ1v) is 5.65. The van der Waals surface area contributed by atoms with E-state index in [1.165, 1.54) is 0 Å². The molecule has 1 heterocycles. The van der Waals surface area contributed by atoms with Crippen LogP contribution in [0.5, 0.6) is 0 Å². The number of para-hydroxylation sites is 1. The molecule has 2 aromatic rings. The van der Waals surface area contributed by atoms with E-state index in [2.05, 4.69) is 16.4 Å². The standard InChI is InChI=1S/C14H14N4/c1-10-4-3-7-17-13(10)9-18-12-6-2-5-11(8-15)14(12)16/h2-7,18H,9,16H2,1H3. The Bertz CT molecular complexity index is 599. The number of pyridine rings is 1. The Morgan fingerprint density at radius 3 is 2.89 bits per heavy atom. The molecule has 0 atom stereocenters. The predicted octanol–water partition coefficient (Wildman–Crippen LogP) is 2.46.